The highest BCUT2D eigenvalue weighted by atomic mass is 32.2. The fraction of sp³-hybridized carbons (Fsp3) is 0.700. The number of H-pyrrole nitrogens is 1. The van der Waals surface area contributed by atoms with E-state index in [0.29, 0.717) is 11.4 Å². The van der Waals surface area contributed by atoms with Crippen molar-refractivity contribution >= 4 is 31.6 Å². The molecule has 2 rings (SSSR count). The van der Waals surface area contributed by atoms with E-state index < -0.39 is 25.2 Å². The Balaban J connectivity index is 2.53. The average molecular weight is 354 g/mol. The Morgan fingerprint density at radius 3 is 2.67 bits per heavy atom. The first-order valence-corrected chi connectivity index (χ1v) is 10.8. The Hall–Kier alpha value is -0.620. The minimum atomic E-state index is -3.96. The number of aromatic nitrogens is 2. The van der Waals surface area contributed by atoms with Crippen molar-refractivity contribution in [2.75, 3.05) is 24.3 Å². The highest BCUT2D eigenvalue weighted by Gasteiger charge is 2.41. The van der Waals surface area contributed by atoms with Gasteiger partial charge < -0.3 is 5.73 Å². The molecular formula is C10H18N4O4S3. The molecule has 1 aromatic heterocycles. The van der Waals surface area contributed by atoms with Crippen LogP contribution in [0.5, 0.6) is 0 Å². The van der Waals surface area contributed by atoms with Gasteiger partial charge in [0.2, 0.25) is 10.0 Å². The maximum absolute atomic E-state index is 12.8. The summed E-state index contributed by atoms with van der Waals surface area (Å²) in [6.45, 7) is 1.69. The molecule has 1 aromatic rings. The molecule has 3 N–H and O–H groups in total. The van der Waals surface area contributed by atoms with Crippen molar-refractivity contribution < 1.29 is 16.8 Å². The third-order valence-corrected chi connectivity index (χ3v) is 8.14. The number of aryl methyl sites for hydroxylation is 1. The van der Waals surface area contributed by atoms with E-state index in [0.717, 1.165) is 10.6 Å². The van der Waals surface area contributed by atoms with Crippen LogP contribution in [0.15, 0.2) is 4.90 Å². The average Bonchev–Trinajstić information content (AvgIpc) is 2.79. The monoisotopic (exact) mass is 354 g/mol. The van der Waals surface area contributed by atoms with E-state index in [1.807, 2.05) is 0 Å². The summed E-state index contributed by atoms with van der Waals surface area (Å²) in [6, 6.07) is 0. The number of nitrogens with one attached hydrogen (secondary N) is 1. The van der Waals surface area contributed by atoms with Crippen LogP contribution in [-0.4, -0.2) is 61.0 Å². The highest BCUT2D eigenvalue weighted by molar-refractivity contribution is 8.01. The molecule has 2 heterocycles. The van der Waals surface area contributed by atoms with Gasteiger partial charge in [-0.25, -0.2) is 16.8 Å². The first-order valence-electron chi connectivity index (χ1n) is 6.22. The van der Waals surface area contributed by atoms with Gasteiger partial charge in [0.25, 0.3) is 0 Å². The minimum Gasteiger partial charge on any atom is -0.325 e. The number of rotatable bonds is 4. The molecule has 1 aliphatic rings. The predicted octanol–water partition coefficient (Wildman–Crippen LogP) is -0.715. The fourth-order valence-electron chi connectivity index (χ4n) is 2.25. The van der Waals surface area contributed by atoms with Crippen molar-refractivity contribution in [3.05, 3.63) is 11.4 Å². The first-order chi connectivity index (χ1) is 9.69. The van der Waals surface area contributed by atoms with Crippen LogP contribution in [0.3, 0.4) is 0 Å². The van der Waals surface area contributed by atoms with Crippen molar-refractivity contribution in [2.24, 2.45) is 5.73 Å². The lowest BCUT2D eigenvalue weighted by Crippen LogP contribution is -2.50. The summed E-state index contributed by atoms with van der Waals surface area (Å²) in [6.07, 6.45) is 1.05. The van der Waals surface area contributed by atoms with Gasteiger partial charge >= 0.3 is 0 Å². The smallest absolute Gasteiger partial charge is 0.248 e. The van der Waals surface area contributed by atoms with E-state index in [1.165, 1.54) is 11.8 Å². The van der Waals surface area contributed by atoms with E-state index in [9.17, 15) is 16.8 Å². The predicted molar refractivity (Wildman–Crippen MR) is 81.1 cm³/mol. The van der Waals surface area contributed by atoms with Gasteiger partial charge in [0.15, 0.2) is 9.84 Å². The standard InChI is InChI=1S/C10H18N4O4S3/c1-7-10(8(5-11)13-12-7)21(17,18)14-3-4-19-6-9(14)20(2,15)16/h9H,3-6,11H2,1-2H3,(H,12,13). The van der Waals surface area contributed by atoms with Crippen LogP contribution in [-0.2, 0) is 26.4 Å². The SMILES string of the molecule is Cc1[nH]nc(CN)c1S(=O)(=O)N1CCSCC1S(C)(=O)=O. The molecule has 0 aromatic carbocycles. The van der Waals surface area contributed by atoms with Crippen molar-refractivity contribution in [1.82, 2.24) is 14.5 Å². The van der Waals surface area contributed by atoms with Crippen molar-refractivity contribution in [2.45, 2.75) is 23.7 Å². The third kappa shape index (κ3) is 3.11. The van der Waals surface area contributed by atoms with Crippen LogP contribution in [0.4, 0.5) is 0 Å². The van der Waals surface area contributed by atoms with Crippen molar-refractivity contribution in [3.8, 4) is 0 Å². The van der Waals surface area contributed by atoms with E-state index >= 15 is 0 Å². The molecule has 0 aliphatic carbocycles. The van der Waals surface area contributed by atoms with Crippen LogP contribution < -0.4 is 5.73 Å². The van der Waals surface area contributed by atoms with Gasteiger partial charge in [-0.15, -0.1) is 0 Å². The number of nitrogens with two attached hydrogens (primary N) is 1. The van der Waals surface area contributed by atoms with Gasteiger partial charge in [-0.1, -0.05) is 0 Å². The molecule has 1 saturated heterocycles. The highest BCUT2D eigenvalue weighted by Crippen LogP contribution is 2.29. The van der Waals surface area contributed by atoms with Crippen LogP contribution in [0, 0.1) is 6.92 Å². The zero-order valence-electron chi connectivity index (χ0n) is 11.7. The van der Waals surface area contributed by atoms with Crippen LogP contribution >= 0.6 is 11.8 Å². The van der Waals surface area contributed by atoms with Gasteiger partial charge in [-0.05, 0) is 6.92 Å². The molecule has 120 valence electrons. The second-order valence-corrected chi connectivity index (χ2v) is 9.98. The Labute approximate surface area is 128 Å². The van der Waals surface area contributed by atoms with Gasteiger partial charge in [-0.2, -0.15) is 21.2 Å². The molecule has 0 bridgehead atoms. The summed E-state index contributed by atoms with van der Waals surface area (Å²) in [7, 11) is -7.47. The van der Waals surface area contributed by atoms with E-state index in [2.05, 4.69) is 10.2 Å². The summed E-state index contributed by atoms with van der Waals surface area (Å²) in [4.78, 5) is -0.00875. The van der Waals surface area contributed by atoms with E-state index in [4.69, 9.17) is 5.73 Å². The Bertz CT molecular complexity index is 725. The van der Waals surface area contributed by atoms with Crippen LogP contribution in [0.1, 0.15) is 11.4 Å². The number of nitrogens with zero attached hydrogens (tertiary/aromatic N) is 2. The Morgan fingerprint density at radius 2 is 2.10 bits per heavy atom. The lowest BCUT2D eigenvalue weighted by atomic mass is 10.4. The molecule has 1 atom stereocenters. The second-order valence-electron chi connectivity index (χ2n) is 4.80. The van der Waals surface area contributed by atoms with Crippen LogP contribution in [0.25, 0.3) is 0 Å². The number of thioether (sulfide) groups is 1. The zero-order valence-corrected chi connectivity index (χ0v) is 14.2. The Morgan fingerprint density at radius 1 is 1.43 bits per heavy atom. The zero-order chi connectivity index (χ0) is 15.8. The van der Waals surface area contributed by atoms with E-state index in [-0.39, 0.29) is 29.4 Å². The molecule has 1 unspecified atom stereocenters. The molecule has 1 aliphatic heterocycles. The molecule has 0 amide bonds. The number of sulfonamides is 1. The molecular weight excluding hydrogens is 336 g/mol. The fourth-order valence-corrected chi connectivity index (χ4v) is 7.76. The van der Waals surface area contributed by atoms with Crippen LogP contribution in [0.2, 0.25) is 0 Å². The molecule has 11 heteroatoms. The summed E-state index contributed by atoms with van der Waals surface area (Å²) in [5.74, 6) is 0.785. The normalized spacial score (nSPS) is 21.6. The summed E-state index contributed by atoms with van der Waals surface area (Å²) in [5, 5.41) is 5.41. The maximum atomic E-state index is 12.8. The van der Waals surface area contributed by atoms with Crippen molar-refractivity contribution in [3.63, 3.8) is 0 Å². The lowest BCUT2D eigenvalue weighted by Gasteiger charge is -2.33. The minimum absolute atomic E-state index is 0.00875. The van der Waals surface area contributed by atoms with Gasteiger partial charge in [0.05, 0.1) is 11.4 Å². The largest absolute Gasteiger partial charge is 0.325 e. The number of sulfone groups is 1. The van der Waals surface area contributed by atoms with Gasteiger partial charge in [-0.3, -0.25) is 5.10 Å². The summed E-state index contributed by atoms with van der Waals surface area (Å²) < 4.78 is 50.5. The number of aromatic amines is 1. The Kier molecular flexibility index (Phi) is 4.69. The topological polar surface area (TPSA) is 126 Å². The van der Waals surface area contributed by atoms with E-state index in [1.54, 1.807) is 6.92 Å². The molecule has 0 saturated carbocycles. The second kappa shape index (κ2) is 5.88. The molecule has 0 spiro atoms. The molecule has 21 heavy (non-hydrogen) atoms. The first kappa shape index (κ1) is 16.7. The number of hydrogen-bond donors (Lipinski definition) is 2. The maximum Gasteiger partial charge on any atom is 0.248 e. The lowest BCUT2D eigenvalue weighted by molar-refractivity contribution is 0.404. The molecule has 1 fully saturated rings. The summed E-state index contributed by atoms with van der Waals surface area (Å²) in [5.41, 5.74) is 6.11. The quantitative estimate of drug-likeness (QED) is 0.731. The van der Waals surface area contributed by atoms with Gasteiger partial charge in [0.1, 0.15) is 10.3 Å². The third-order valence-electron chi connectivity index (χ3n) is 3.25. The molecule has 8 nitrogen and oxygen atoms in total. The van der Waals surface area contributed by atoms with Gasteiger partial charge in [0, 0.05) is 30.9 Å². The summed E-state index contributed by atoms with van der Waals surface area (Å²) >= 11 is 1.43. The number of hydrogen-bond acceptors (Lipinski definition) is 7. The molecule has 0 radical (unpaired) electrons. The van der Waals surface area contributed by atoms with Crippen molar-refractivity contribution in [1.29, 1.82) is 0 Å².